The summed E-state index contributed by atoms with van der Waals surface area (Å²) in [6, 6.07) is 13.0. The van der Waals surface area contributed by atoms with Crippen LogP contribution in [0.25, 0.3) is 0 Å². The molecule has 0 aromatic heterocycles. The Morgan fingerprint density at radius 3 is 1.31 bits per heavy atom. The van der Waals surface area contributed by atoms with Gasteiger partial charge in [0.25, 0.3) is 0 Å². The van der Waals surface area contributed by atoms with E-state index < -0.39 is 18.1 Å². The first-order chi connectivity index (χ1) is 12.5. The molecule has 2 rings (SSSR count). The van der Waals surface area contributed by atoms with Crippen LogP contribution in [0.1, 0.15) is 31.8 Å². The molecule has 7 nitrogen and oxygen atoms in total. The van der Waals surface area contributed by atoms with Crippen LogP contribution in [0.5, 0.6) is 0 Å². The van der Waals surface area contributed by atoms with Crippen molar-refractivity contribution in [3.8, 4) is 0 Å². The Labute approximate surface area is 150 Å². The van der Waals surface area contributed by atoms with Crippen molar-refractivity contribution < 1.29 is 33.3 Å². The van der Waals surface area contributed by atoms with Crippen LogP contribution in [-0.4, -0.2) is 32.3 Å². The standard InChI is InChI=1S/C19H18O7/c1-23-17(20)15-7-3-13(4-8-15)11-25-19(22)26-12-14-5-9-16(10-6-14)18(21)24-2/h3-10H,11-12H2,1-2H3. The average Bonchev–Trinajstić information content (AvgIpc) is 2.70. The lowest BCUT2D eigenvalue weighted by Gasteiger charge is -2.07. The number of methoxy groups -OCH3 is 2. The molecular weight excluding hydrogens is 340 g/mol. The summed E-state index contributed by atoms with van der Waals surface area (Å²) in [5.74, 6) is -0.870. The molecule has 0 spiro atoms. The minimum atomic E-state index is -0.820. The van der Waals surface area contributed by atoms with Crippen molar-refractivity contribution in [2.45, 2.75) is 13.2 Å². The van der Waals surface area contributed by atoms with Gasteiger partial charge in [-0.2, -0.15) is 0 Å². The molecule has 0 atom stereocenters. The molecule has 2 aromatic carbocycles. The molecule has 0 fully saturated rings. The third kappa shape index (κ3) is 5.34. The van der Waals surface area contributed by atoms with Gasteiger partial charge >= 0.3 is 18.1 Å². The third-order valence-electron chi connectivity index (χ3n) is 3.46. The first kappa shape index (κ1) is 19.0. The van der Waals surface area contributed by atoms with Gasteiger partial charge in [-0.25, -0.2) is 14.4 Å². The van der Waals surface area contributed by atoms with Crippen LogP contribution in [-0.2, 0) is 32.2 Å². The van der Waals surface area contributed by atoms with E-state index in [1.807, 2.05) is 0 Å². The van der Waals surface area contributed by atoms with Crippen molar-refractivity contribution in [3.05, 3.63) is 70.8 Å². The minimum Gasteiger partial charge on any atom is -0.465 e. The lowest BCUT2D eigenvalue weighted by molar-refractivity contribution is 0.0444. The predicted octanol–water partition coefficient (Wildman–Crippen LogP) is 3.11. The number of carbonyl (C=O) groups is 3. The van der Waals surface area contributed by atoms with E-state index in [9.17, 15) is 14.4 Å². The first-order valence-electron chi connectivity index (χ1n) is 7.67. The summed E-state index contributed by atoms with van der Waals surface area (Å²) >= 11 is 0. The fraction of sp³-hybridized carbons (Fsp3) is 0.211. The van der Waals surface area contributed by atoms with Gasteiger partial charge in [0.15, 0.2) is 0 Å². The van der Waals surface area contributed by atoms with E-state index in [0.29, 0.717) is 22.3 Å². The third-order valence-corrected chi connectivity index (χ3v) is 3.46. The second-order valence-corrected chi connectivity index (χ2v) is 5.20. The molecule has 0 saturated carbocycles. The second-order valence-electron chi connectivity index (χ2n) is 5.20. The summed E-state index contributed by atoms with van der Waals surface area (Å²) in [5, 5.41) is 0. The van der Waals surface area contributed by atoms with E-state index >= 15 is 0 Å². The molecule has 0 heterocycles. The van der Waals surface area contributed by atoms with E-state index in [4.69, 9.17) is 9.47 Å². The lowest BCUT2D eigenvalue weighted by Crippen LogP contribution is -2.08. The van der Waals surface area contributed by atoms with E-state index in [1.165, 1.54) is 14.2 Å². The maximum atomic E-state index is 11.6. The number of hydrogen-bond acceptors (Lipinski definition) is 7. The molecule has 0 amide bonds. The van der Waals surface area contributed by atoms with Crippen molar-refractivity contribution in [1.82, 2.24) is 0 Å². The highest BCUT2D eigenvalue weighted by atomic mass is 16.7. The Balaban J connectivity index is 1.78. The molecule has 0 bridgehead atoms. The smallest absolute Gasteiger partial charge is 0.465 e. The van der Waals surface area contributed by atoms with E-state index in [0.717, 1.165) is 0 Å². The molecule has 136 valence electrons. The molecule has 2 aromatic rings. The van der Waals surface area contributed by atoms with Crippen molar-refractivity contribution in [2.75, 3.05) is 14.2 Å². The SMILES string of the molecule is COC(=O)c1ccc(COC(=O)OCc2ccc(C(=O)OC)cc2)cc1. The number of ether oxygens (including phenoxy) is 4. The van der Waals surface area contributed by atoms with Gasteiger partial charge in [-0.05, 0) is 35.4 Å². The van der Waals surface area contributed by atoms with Crippen molar-refractivity contribution in [1.29, 1.82) is 0 Å². The molecule has 0 saturated heterocycles. The fourth-order valence-corrected chi connectivity index (χ4v) is 2.04. The second kappa shape index (κ2) is 9.22. The van der Waals surface area contributed by atoms with Crippen LogP contribution in [0.15, 0.2) is 48.5 Å². The van der Waals surface area contributed by atoms with Gasteiger partial charge in [-0.3, -0.25) is 0 Å². The van der Waals surface area contributed by atoms with Crippen LogP contribution >= 0.6 is 0 Å². The maximum absolute atomic E-state index is 11.6. The van der Waals surface area contributed by atoms with E-state index in [2.05, 4.69) is 9.47 Å². The first-order valence-corrected chi connectivity index (χ1v) is 7.67. The molecule has 0 aliphatic heterocycles. The highest BCUT2D eigenvalue weighted by Gasteiger charge is 2.09. The Bertz CT molecular complexity index is 698. The van der Waals surface area contributed by atoms with Gasteiger partial charge in [0, 0.05) is 0 Å². The summed E-state index contributed by atoms with van der Waals surface area (Å²) < 4.78 is 19.2. The summed E-state index contributed by atoms with van der Waals surface area (Å²) in [7, 11) is 2.61. The molecule has 0 radical (unpaired) electrons. The van der Waals surface area contributed by atoms with Gasteiger partial charge in [0.1, 0.15) is 13.2 Å². The highest BCUT2D eigenvalue weighted by molar-refractivity contribution is 5.89. The fourth-order valence-electron chi connectivity index (χ4n) is 2.04. The van der Waals surface area contributed by atoms with Crippen molar-refractivity contribution >= 4 is 18.1 Å². The predicted molar refractivity (Wildman–Crippen MR) is 90.5 cm³/mol. The van der Waals surface area contributed by atoms with Crippen LogP contribution < -0.4 is 0 Å². The van der Waals surface area contributed by atoms with Gasteiger partial charge in [-0.15, -0.1) is 0 Å². The Hall–Kier alpha value is -3.35. The number of benzene rings is 2. The van der Waals surface area contributed by atoms with E-state index in [-0.39, 0.29) is 13.2 Å². The average molecular weight is 358 g/mol. The molecule has 0 N–H and O–H groups in total. The molecule has 0 aliphatic carbocycles. The normalized spacial score (nSPS) is 9.92. The lowest BCUT2D eigenvalue weighted by atomic mass is 10.1. The molecular formula is C19H18O7. The minimum absolute atomic E-state index is 0.0154. The monoisotopic (exact) mass is 358 g/mol. The zero-order valence-corrected chi connectivity index (χ0v) is 14.4. The van der Waals surface area contributed by atoms with Crippen LogP contribution in [0.4, 0.5) is 4.79 Å². The van der Waals surface area contributed by atoms with Crippen molar-refractivity contribution in [2.24, 2.45) is 0 Å². The van der Waals surface area contributed by atoms with Gasteiger partial charge in [0.05, 0.1) is 25.3 Å². The van der Waals surface area contributed by atoms with Crippen LogP contribution in [0.3, 0.4) is 0 Å². The summed E-state index contributed by atoms with van der Waals surface area (Å²) in [6.07, 6.45) is -0.820. The zero-order chi connectivity index (χ0) is 18.9. The summed E-state index contributed by atoms with van der Waals surface area (Å²) in [4.78, 5) is 34.3. The molecule has 0 aliphatic rings. The van der Waals surface area contributed by atoms with Crippen LogP contribution in [0.2, 0.25) is 0 Å². The largest absolute Gasteiger partial charge is 0.508 e. The molecule has 26 heavy (non-hydrogen) atoms. The Kier molecular flexibility index (Phi) is 6.73. The van der Waals surface area contributed by atoms with Gasteiger partial charge in [-0.1, -0.05) is 24.3 Å². The van der Waals surface area contributed by atoms with Gasteiger partial charge < -0.3 is 18.9 Å². The molecule has 7 heteroatoms. The number of hydrogen-bond donors (Lipinski definition) is 0. The highest BCUT2D eigenvalue weighted by Crippen LogP contribution is 2.10. The quantitative estimate of drug-likeness (QED) is 0.579. The Morgan fingerprint density at radius 2 is 1.00 bits per heavy atom. The topological polar surface area (TPSA) is 88.1 Å². The molecule has 0 unspecified atom stereocenters. The van der Waals surface area contributed by atoms with Gasteiger partial charge in [0.2, 0.25) is 0 Å². The number of esters is 2. The zero-order valence-electron chi connectivity index (χ0n) is 14.4. The summed E-state index contributed by atoms with van der Waals surface area (Å²) in [5.41, 5.74) is 2.23. The number of rotatable bonds is 6. The Morgan fingerprint density at radius 1 is 0.654 bits per heavy atom. The van der Waals surface area contributed by atoms with Crippen molar-refractivity contribution in [3.63, 3.8) is 0 Å². The van der Waals surface area contributed by atoms with E-state index in [1.54, 1.807) is 48.5 Å². The maximum Gasteiger partial charge on any atom is 0.508 e. The number of carbonyl (C=O) groups excluding carboxylic acids is 3. The van der Waals surface area contributed by atoms with Crippen LogP contribution in [0, 0.1) is 0 Å². The summed E-state index contributed by atoms with van der Waals surface area (Å²) in [6.45, 7) is 0.0309.